The second-order valence-electron chi connectivity index (χ2n) is 4.35. The number of rotatable bonds is 2. The van der Waals surface area contributed by atoms with Crippen molar-refractivity contribution in [2.45, 2.75) is 31.2 Å². The molecule has 4 nitrogen and oxygen atoms in total. The van der Waals surface area contributed by atoms with Crippen molar-refractivity contribution in [3.63, 3.8) is 0 Å². The van der Waals surface area contributed by atoms with E-state index in [0.717, 1.165) is 12.8 Å². The fraction of sp³-hybridized carbons (Fsp3) is 0.750. The number of imide groups is 1. The fourth-order valence-electron chi connectivity index (χ4n) is 2.37. The molecule has 3 amide bonds. The summed E-state index contributed by atoms with van der Waals surface area (Å²) in [6, 6.07) is -0.911. The SMILES string of the molecule is O=C1NC2(CCCC2)C(=O)N1C[B-](F)(F)F. The smallest absolute Gasteiger partial charge is 0.448 e. The first kappa shape index (κ1) is 11.3. The van der Waals surface area contributed by atoms with Gasteiger partial charge in [0, 0.05) is 6.44 Å². The van der Waals surface area contributed by atoms with Gasteiger partial charge in [-0.3, -0.25) is 9.69 Å². The Bertz CT molecular complexity index is 339. The van der Waals surface area contributed by atoms with Crippen LogP contribution in [-0.4, -0.2) is 35.8 Å². The molecule has 0 radical (unpaired) electrons. The third-order valence-electron chi connectivity index (χ3n) is 3.09. The van der Waals surface area contributed by atoms with Crippen LogP contribution < -0.4 is 5.32 Å². The van der Waals surface area contributed by atoms with E-state index in [1.54, 1.807) is 0 Å². The zero-order chi connectivity index (χ0) is 12.0. The van der Waals surface area contributed by atoms with Crippen LogP contribution in [0, 0.1) is 0 Å². The number of hydrogen-bond donors (Lipinski definition) is 1. The lowest BCUT2D eigenvalue weighted by atomic mass is 9.90. The average molecular weight is 235 g/mol. The van der Waals surface area contributed by atoms with E-state index in [1.807, 2.05) is 0 Å². The molecule has 90 valence electrons. The van der Waals surface area contributed by atoms with E-state index in [4.69, 9.17) is 0 Å². The highest BCUT2D eigenvalue weighted by atomic mass is 19.4. The van der Waals surface area contributed by atoms with Crippen LogP contribution in [0.2, 0.25) is 0 Å². The summed E-state index contributed by atoms with van der Waals surface area (Å²) in [5.41, 5.74) is -1.04. The molecule has 1 saturated heterocycles. The molecule has 1 aliphatic carbocycles. The van der Waals surface area contributed by atoms with Gasteiger partial charge in [0.05, 0.1) is 0 Å². The Morgan fingerprint density at radius 1 is 1.25 bits per heavy atom. The van der Waals surface area contributed by atoms with Crippen LogP contribution in [-0.2, 0) is 4.79 Å². The number of amides is 3. The maximum atomic E-state index is 12.2. The van der Waals surface area contributed by atoms with Gasteiger partial charge in [-0.2, -0.15) is 0 Å². The molecule has 1 spiro atoms. The molecule has 2 fully saturated rings. The van der Waals surface area contributed by atoms with Crippen LogP contribution in [0.4, 0.5) is 17.7 Å². The summed E-state index contributed by atoms with van der Waals surface area (Å²) < 4.78 is 36.7. The van der Waals surface area contributed by atoms with Crippen LogP contribution in [0.5, 0.6) is 0 Å². The van der Waals surface area contributed by atoms with E-state index < -0.39 is 30.9 Å². The summed E-state index contributed by atoms with van der Waals surface area (Å²) in [6.07, 6.45) is 0.971. The summed E-state index contributed by atoms with van der Waals surface area (Å²) >= 11 is 0. The number of carbonyl (C=O) groups is 2. The molecule has 0 aromatic carbocycles. The summed E-state index contributed by atoms with van der Waals surface area (Å²) in [7, 11) is 0. The van der Waals surface area contributed by atoms with Gasteiger partial charge in [0.1, 0.15) is 5.54 Å². The maximum absolute atomic E-state index is 12.2. The zero-order valence-corrected chi connectivity index (χ0v) is 8.51. The van der Waals surface area contributed by atoms with Crippen molar-refractivity contribution in [3.8, 4) is 0 Å². The molecule has 2 rings (SSSR count). The minimum absolute atomic E-state index is 0.297. The Morgan fingerprint density at radius 2 is 1.81 bits per heavy atom. The number of nitrogens with one attached hydrogen (secondary N) is 1. The van der Waals surface area contributed by atoms with Crippen LogP contribution in [0.1, 0.15) is 25.7 Å². The number of urea groups is 1. The predicted molar refractivity (Wildman–Crippen MR) is 50.5 cm³/mol. The standard InChI is InChI=1S/C8H11BF3N2O2/c10-9(11,12)5-14-6(15)8(13-7(14)16)3-1-2-4-8/h1-5H2,(H,13,16)/q-1. The third kappa shape index (κ3) is 1.76. The van der Waals surface area contributed by atoms with Gasteiger partial charge >= 0.3 is 13.0 Å². The fourth-order valence-corrected chi connectivity index (χ4v) is 2.37. The minimum atomic E-state index is -5.17. The van der Waals surface area contributed by atoms with E-state index in [9.17, 15) is 22.5 Å². The Labute approximate surface area is 90.2 Å². The first-order valence-electron chi connectivity index (χ1n) is 5.19. The summed E-state index contributed by atoms with van der Waals surface area (Å²) in [5, 5.41) is 2.40. The minimum Gasteiger partial charge on any atom is -0.448 e. The summed E-state index contributed by atoms with van der Waals surface area (Å²) in [5.74, 6) is -0.714. The van der Waals surface area contributed by atoms with Crippen molar-refractivity contribution >= 4 is 18.9 Å². The third-order valence-corrected chi connectivity index (χ3v) is 3.09. The lowest BCUT2D eigenvalue weighted by Crippen LogP contribution is -2.46. The Kier molecular flexibility index (Phi) is 2.39. The zero-order valence-electron chi connectivity index (χ0n) is 8.51. The number of hydrogen-bond acceptors (Lipinski definition) is 2. The summed E-state index contributed by atoms with van der Waals surface area (Å²) in [6.45, 7) is -5.17. The molecule has 0 bridgehead atoms. The molecule has 1 saturated carbocycles. The Morgan fingerprint density at radius 3 is 2.31 bits per heavy atom. The highest BCUT2D eigenvalue weighted by molar-refractivity contribution is 6.59. The molecule has 0 atom stereocenters. The summed E-state index contributed by atoms with van der Waals surface area (Å²) in [4.78, 5) is 23.4. The van der Waals surface area contributed by atoms with Crippen LogP contribution >= 0.6 is 0 Å². The number of carbonyl (C=O) groups excluding carboxylic acids is 2. The van der Waals surface area contributed by atoms with Crippen molar-refractivity contribution in [1.82, 2.24) is 10.2 Å². The van der Waals surface area contributed by atoms with Gasteiger partial charge in [-0.1, -0.05) is 12.8 Å². The van der Waals surface area contributed by atoms with Crippen molar-refractivity contribution in [3.05, 3.63) is 0 Å². The van der Waals surface area contributed by atoms with Crippen LogP contribution in [0.3, 0.4) is 0 Å². The molecule has 0 aromatic rings. The van der Waals surface area contributed by atoms with E-state index in [2.05, 4.69) is 5.32 Å². The van der Waals surface area contributed by atoms with E-state index in [-0.39, 0.29) is 0 Å². The molecular weight excluding hydrogens is 224 g/mol. The predicted octanol–water partition coefficient (Wildman–Crippen LogP) is 1.24. The molecule has 1 N–H and O–H groups in total. The van der Waals surface area contributed by atoms with Gasteiger partial charge < -0.3 is 18.3 Å². The number of nitrogens with zero attached hydrogens (tertiary/aromatic N) is 1. The lowest BCUT2D eigenvalue weighted by Gasteiger charge is -2.23. The van der Waals surface area contributed by atoms with Crippen LogP contribution in [0.25, 0.3) is 0 Å². The molecule has 2 aliphatic rings. The highest BCUT2D eigenvalue weighted by Gasteiger charge is 2.53. The quantitative estimate of drug-likeness (QED) is 0.578. The van der Waals surface area contributed by atoms with Gasteiger partial charge in [-0.15, -0.1) is 0 Å². The Balaban J connectivity index is 2.17. The molecule has 0 aromatic heterocycles. The van der Waals surface area contributed by atoms with E-state index in [0.29, 0.717) is 17.7 Å². The van der Waals surface area contributed by atoms with Gasteiger partial charge in [0.15, 0.2) is 0 Å². The molecule has 16 heavy (non-hydrogen) atoms. The number of halogens is 3. The lowest BCUT2D eigenvalue weighted by molar-refractivity contribution is -0.130. The second kappa shape index (κ2) is 3.39. The second-order valence-corrected chi connectivity index (χ2v) is 4.35. The first-order valence-corrected chi connectivity index (χ1v) is 5.19. The van der Waals surface area contributed by atoms with Crippen LogP contribution in [0.15, 0.2) is 0 Å². The van der Waals surface area contributed by atoms with Crippen molar-refractivity contribution < 1.29 is 22.5 Å². The maximum Gasteiger partial charge on any atom is 0.497 e. The Hall–Kier alpha value is -1.21. The first-order chi connectivity index (χ1) is 7.34. The van der Waals surface area contributed by atoms with Gasteiger partial charge in [0.2, 0.25) is 0 Å². The van der Waals surface area contributed by atoms with E-state index >= 15 is 0 Å². The molecule has 0 unspecified atom stereocenters. The molecular formula is C8H11BF3N2O2-. The molecule has 1 heterocycles. The van der Waals surface area contributed by atoms with Crippen molar-refractivity contribution in [2.24, 2.45) is 0 Å². The monoisotopic (exact) mass is 235 g/mol. The normalized spacial score (nSPS) is 24.3. The van der Waals surface area contributed by atoms with Gasteiger partial charge in [-0.25, -0.2) is 4.79 Å². The van der Waals surface area contributed by atoms with Gasteiger partial charge in [-0.05, 0) is 12.8 Å². The van der Waals surface area contributed by atoms with Crippen molar-refractivity contribution in [1.29, 1.82) is 0 Å². The highest BCUT2D eigenvalue weighted by Crippen LogP contribution is 2.35. The topological polar surface area (TPSA) is 49.4 Å². The largest absolute Gasteiger partial charge is 0.497 e. The average Bonchev–Trinajstić information content (AvgIpc) is 2.68. The molecule has 8 heteroatoms. The van der Waals surface area contributed by atoms with E-state index in [1.165, 1.54) is 0 Å². The van der Waals surface area contributed by atoms with Crippen molar-refractivity contribution in [2.75, 3.05) is 6.44 Å². The molecule has 1 aliphatic heterocycles. The van der Waals surface area contributed by atoms with Gasteiger partial charge in [0.25, 0.3) is 5.91 Å².